The predicted molar refractivity (Wildman–Crippen MR) is 191 cm³/mol. The molecule has 2 N–H and O–H groups in total. The number of likely N-dealkylation sites (tertiary alicyclic amines) is 1. The van der Waals surface area contributed by atoms with E-state index in [0.717, 1.165) is 56.4 Å². The number of carbonyl (C=O) groups excluding carboxylic acids is 1. The highest BCUT2D eigenvalue weighted by atomic mass is 19.4. The minimum Gasteiger partial charge on any atom is -0.444 e. The van der Waals surface area contributed by atoms with Gasteiger partial charge in [0.15, 0.2) is 0 Å². The molecule has 1 saturated carbocycles. The molecule has 7 nitrogen and oxygen atoms in total. The highest BCUT2D eigenvalue weighted by Gasteiger charge is 2.41. The van der Waals surface area contributed by atoms with Gasteiger partial charge in [-0.25, -0.2) is 14.8 Å². The number of hydrogen-bond acceptors (Lipinski definition) is 6. The summed E-state index contributed by atoms with van der Waals surface area (Å²) in [6.45, 7) is 5.29. The van der Waals surface area contributed by atoms with Crippen LogP contribution in [0.1, 0.15) is 118 Å². The molecule has 19 heteroatoms. The van der Waals surface area contributed by atoms with E-state index in [0.29, 0.717) is 43.5 Å². The van der Waals surface area contributed by atoms with Crippen LogP contribution in [0.3, 0.4) is 0 Å². The van der Waals surface area contributed by atoms with Gasteiger partial charge in [-0.15, -0.1) is 0 Å². The normalized spacial score (nSPS) is 18.7. The van der Waals surface area contributed by atoms with Crippen LogP contribution in [0.25, 0.3) is 21.8 Å². The van der Waals surface area contributed by atoms with Crippen LogP contribution < -0.4 is 0 Å². The lowest BCUT2D eigenvalue weighted by Gasteiger charge is -2.39. The molecule has 1 aliphatic heterocycles. The highest BCUT2D eigenvalue weighted by molar-refractivity contribution is 5.87. The summed E-state index contributed by atoms with van der Waals surface area (Å²) < 4.78 is 164. The van der Waals surface area contributed by atoms with E-state index in [1.807, 2.05) is 0 Å². The number of piperidine rings is 1. The summed E-state index contributed by atoms with van der Waals surface area (Å²) in [6.07, 6.45) is -16.8. The zero-order valence-corrected chi connectivity index (χ0v) is 31.9. The van der Waals surface area contributed by atoms with Crippen LogP contribution in [0, 0.1) is 5.92 Å². The molecular weight excluding hydrogens is 814 g/mol. The minimum atomic E-state index is -4.95. The molecule has 4 aromatic rings. The topological polar surface area (TPSA) is 95.8 Å². The van der Waals surface area contributed by atoms with E-state index in [1.54, 1.807) is 20.8 Å². The van der Waals surface area contributed by atoms with Crippen LogP contribution in [0.5, 0.6) is 0 Å². The Kier molecular flexibility index (Phi) is 13.1. The fourth-order valence-corrected chi connectivity index (χ4v) is 7.51. The van der Waals surface area contributed by atoms with Crippen molar-refractivity contribution >= 4 is 27.9 Å². The van der Waals surface area contributed by atoms with Crippen molar-refractivity contribution in [1.82, 2.24) is 14.9 Å². The Morgan fingerprint density at radius 2 is 1.05 bits per heavy atom. The zero-order valence-electron chi connectivity index (χ0n) is 31.9. The third kappa shape index (κ3) is 10.7. The van der Waals surface area contributed by atoms with E-state index in [9.17, 15) is 67.7 Å². The number of fused-ring (bicyclic) bond motifs is 2. The number of alkyl halides is 12. The summed E-state index contributed by atoms with van der Waals surface area (Å²) >= 11 is 0. The van der Waals surface area contributed by atoms with Gasteiger partial charge in [-0.1, -0.05) is 43.5 Å². The largest absolute Gasteiger partial charge is 0.444 e. The SMILES string of the molecule is CC(C)(C)OC(=O)N1CCCCC1C(O)c1ccc(C(F)(F)F)c2nc(C(F)(F)F)ccc12.OC(c1ccc(C(F)(F)F)c2nc(C(F)(F)F)ccc12)C1CCCCC1. The van der Waals surface area contributed by atoms with Crippen LogP contribution in [0.4, 0.5) is 57.5 Å². The molecule has 1 saturated heterocycles. The lowest BCUT2D eigenvalue weighted by atomic mass is 9.81. The van der Waals surface area contributed by atoms with Crippen LogP contribution in [-0.2, 0) is 29.4 Å². The number of hydrogen-bond donors (Lipinski definition) is 2. The van der Waals surface area contributed by atoms with E-state index < -0.39 is 88.2 Å². The Morgan fingerprint density at radius 1 is 0.610 bits per heavy atom. The second-order valence-electron chi connectivity index (χ2n) is 15.6. The molecular formula is C40H41F12N3O4. The third-order valence-corrected chi connectivity index (χ3v) is 10.2. The second kappa shape index (κ2) is 16.9. The molecule has 2 aliphatic rings. The van der Waals surface area contributed by atoms with Gasteiger partial charge in [-0.2, -0.15) is 52.7 Å². The first-order valence-corrected chi connectivity index (χ1v) is 18.7. The van der Waals surface area contributed by atoms with Gasteiger partial charge in [-0.3, -0.25) is 0 Å². The number of aromatic nitrogens is 2. The van der Waals surface area contributed by atoms with Gasteiger partial charge < -0.3 is 19.8 Å². The number of rotatable bonds is 4. The summed E-state index contributed by atoms with van der Waals surface area (Å²) in [6, 6.07) is 5.74. The Hall–Kier alpha value is -4.39. The number of halogens is 12. The minimum absolute atomic E-state index is 0.0420. The Labute approximate surface area is 330 Å². The number of benzene rings is 2. The summed E-state index contributed by atoms with van der Waals surface area (Å²) in [5.74, 6) is -0.119. The summed E-state index contributed by atoms with van der Waals surface area (Å²) in [5.41, 5.74) is -7.78. The molecule has 59 heavy (non-hydrogen) atoms. The molecule has 0 bridgehead atoms. The average molecular weight is 856 g/mol. The smallest absolute Gasteiger partial charge is 0.433 e. The maximum absolute atomic E-state index is 13.5. The Morgan fingerprint density at radius 3 is 1.47 bits per heavy atom. The second-order valence-corrected chi connectivity index (χ2v) is 15.6. The maximum atomic E-state index is 13.5. The van der Waals surface area contributed by atoms with Crippen molar-refractivity contribution in [2.75, 3.05) is 6.54 Å². The molecule has 0 radical (unpaired) electrons. The van der Waals surface area contributed by atoms with Crippen molar-refractivity contribution in [3.8, 4) is 0 Å². The molecule has 2 aromatic carbocycles. The lowest BCUT2D eigenvalue weighted by Crippen LogP contribution is -2.48. The first-order chi connectivity index (χ1) is 27.2. The number of nitrogens with zero attached hydrogens (tertiary/aromatic N) is 3. The lowest BCUT2D eigenvalue weighted by molar-refractivity contribution is -0.142. The summed E-state index contributed by atoms with van der Waals surface area (Å²) in [5, 5.41) is 21.4. The molecule has 324 valence electrons. The van der Waals surface area contributed by atoms with Crippen molar-refractivity contribution < 1.29 is 72.4 Å². The summed E-state index contributed by atoms with van der Waals surface area (Å²) in [7, 11) is 0. The van der Waals surface area contributed by atoms with Gasteiger partial charge in [-0.05, 0) is 94.2 Å². The van der Waals surface area contributed by atoms with Gasteiger partial charge in [0, 0.05) is 17.3 Å². The van der Waals surface area contributed by atoms with Crippen molar-refractivity contribution in [3.63, 3.8) is 0 Å². The van der Waals surface area contributed by atoms with E-state index >= 15 is 0 Å². The maximum Gasteiger partial charge on any atom is 0.433 e. The average Bonchev–Trinajstić information content (AvgIpc) is 3.14. The molecule has 3 atom stereocenters. The number of aliphatic hydroxyl groups is 2. The Balaban J connectivity index is 0.000000230. The molecule has 2 fully saturated rings. The number of aliphatic hydroxyl groups excluding tert-OH is 2. The van der Waals surface area contributed by atoms with Gasteiger partial charge in [0.25, 0.3) is 0 Å². The fraction of sp³-hybridized carbons (Fsp3) is 0.525. The number of amides is 1. The van der Waals surface area contributed by atoms with Crippen LogP contribution in [0.15, 0.2) is 48.5 Å². The number of carbonyl (C=O) groups is 1. The summed E-state index contributed by atoms with van der Waals surface area (Å²) in [4.78, 5) is 20.5. The molecule has 2 aromatic heterocycles. The van der Waals surface area contributed by atoms with E-state index in [-0.39, 0.29) is 34.4 Å². The molecule has 3 heterocycles. The van der Waals surface area contributed by atoms with Crippen molar-refractivity contribution in [3.05, 3.63) is 82.2 Å². The zero-order chi connectivity index (χ0) is 43.9. The van der Waals surface area contributed by atoms with Gasteiger partial charge in [0.1, 0.15) is 23.1 Å². The van der Waals surface area contributed by atoms with Crippen molar-refractivity contribution in [1.29, 1.82) is 0 Å². The molecule has 6 rings (SSSR count). The van der Waals surface area contributed by atoms with Crippen molar-refractivity contribution in [2.45, 2.75) is 121 Å². The van der Waals surface area contributed by atoms with Crippen LogP contribution in [-0.4, -0.2) is 49.4 Å². The first kappa shape index (κ1) is 45.7. The van der Waals surface area contributed by atoms with E-state index in [1.165, 1.54) is 4.90 Å². The van der Waals surface area contributed by atoms with Gasteiger partial charge in [0.2, 0.25) is 0 Å². The van der Waals surface area contributed by atoms with Gasteiger partial charge in [0.05, 0.1) is 34.3 Å². The van der Waals surface area contributed by atoms with Crippen LogP contribution >= 0.6 is 0 Å². The quantitative estimate of drug-likeness (QED) is 0.199. The fourth-order valence-electron chi connectivity index (χ4n) is 7.51. The van der Waals surface area contributed by atoms with Crippen molar-refractivity contribution in [2.24, 2.45) is 5.92 Å². The number of pyridine rings is 2. The van der Waals surface area contributed by atoms with E-state index in [4.69, 9.17) is 4.74 Å². The van der Waals surface area contributed by atoms with E-state index in [2.05, 4.69) is 9.97 Å². The van der Waals surface area contributed by atoms with Crippen LogP contribution in [0.2, 0.25) is 0 Å². The molecule has 0 spiro atoms. The third-order valence-electron chi connectivity index (χ3n) is 10.2. The Bertz CT molecular complexity index is 2120. The molecule has 1 amide bonds. The van der Waals surface area contributed by atoms with Gasteiger partial charge >= 0.3 is 30.8 Å². The standard InChI is InChI=1S/C22H24F6N2O3.C18H17F6NO/c1-20(2,3)33-19(32)30-11-5-4-6-15(30)18(31)13-7-9-14(21(23,24)25)17-12(13)8-10-16(29-17)22(26,27)28;19-17(20,21)13-8-6-12(16(26)10-4-2-1-3-5-10)11-7-9-14(18(22,23)24)25-15(11)13/h7-10,15,18,31H,4-6,11H2,1-3H3;6-10,16,26H,1-5H2. The first-order valence-electron chi connectivity index (χ1n) is 18.7. The number of ether oxygens (including phenoxy) is 1. The molecule has 1 aliphatic carbocycles. The monoisotopic (exact) mass is 855 g/mol. The highest BCUT2D eigenvalue weighted by Crippen LogP contribution is 2.43. The predicted octanol–water partition coefficient (Wildman–Crippen LogP) is 12.0. The molecule has 3 unspecified atom stereocenters.